The van der Waals surface area contributed by atoms with E-state index in [0.717, 1.165) is 0 Å². The van der Waals surface area contributed by atoms with Crippen molar-refractivity contribution in [1.29, 1.82) is 0 Å². The molecule has 0 radical (unpaired) electrons. The molecule has 104 valence electrons. The third kappa shape index (κ3) is 3.23. The zero-order valence-electron chi connectivity index (χ0n) is 10.6. The number of anilines is 1. The lowest BCUT2D eigenvalue weighted by molar-refractivity contribution is 0.101. The van der Waals surface area contributed by atoms with Crippen molar-refractivity contribution in [2.45, 2.75) is 4.90 Å². The van der Waals surface area contributed by atoms with Crippen LogP contribution in [0.5, 0.6) is 0 Å². The van der Waals surface area contributed by atoms with Crippen molar-refractivity contribution < 1.29 is 9.00 Å². The minimum atomic E-state index is -2.81. The molecule has 5 nitrogen and oxygen atoms in total. The third-order valence-corrected chi connectivity index (χ3v) is 4.65. The van der Waals surface area contributed by atoms with Crippen molar-refractivity contribution in [3.63, 3.8) is 0 Å². The Labute approximate surface area is 125 Å². The van der Waals surface area contributed by atoms with E-state index in [9.17, 15) is 9.00 Å². The van der Waals surface area contributed by atoms with Crippen molar-refractivity contribution in [2.75, 3.05) is 12.0 Å². The summed E-state index contributed by atoms with van der Waals surface area (Å²) in [5.74, 6) is -0.585. The van der Waals surface area contributed by atoms with E-state index in [-0.39, 0.29) is 11.4 Å². The normalized spacial score (nSPS) is 13.5. The number of nitrogen functional groups attached to an aromatic ring is 1. The fourth-order valence-electron chi connectivity index (χ4n) is 1.55. The predicted octanol–water partition coefficient (Wildman–Crippen LogP) is 2.72. The van der Waals surface area contributed by atoms with Crippen LogP contribution in [0.1, 0.15) is 10.4 Å². The first-order chi connectivity index (χ1) is 9.40. The highest BCUT2D eigenvalue weighted by Crippen LogP contribution is 2.18. The van der Waals surface area contributed by atoms with Gasteiger partial charge in [-0.25, -0.2) is 9.19 Å². The lowest BCUT2D eigenvalue weighted by atomic mass is 10.2. The maximum Gasteiger partial charge on any atom is 0.289 e. The van der Waals surface area contributed by atoms with Gasteiger partial charge in [-0.2, -0.15) is 4.36 Å². The molecule has 0 saturated carbocycles. The maximum absolute atomic E-state index is 12.5. The molecule has 7 heteroatoms. The Kier molecular flexibility index (Phi) is 4.20. The largest absolute Gasteiger partial charge is 0.383 e. The number of hydrogen-bond acceptors (Lipinski definition) is 4. The van der Waals surface area contributed by atoms with Crippen LogP contribution in [0.25, 0.3) is 0 Å². The lowest BCUT2D eigenvalue weighted by Crippen LogP contribution is -2.07. The Hall–Kier alpha value is -1.73. The molecule has 1 aromatic carbocycles. The first-order valence-electron chi connectivity index (χ1n) is 5.63. The first kappa shape index (κ1) is 14.7. The highest BCUT2D eigenvalue weighted by Gasteiger charge is 2.14. The van der Waals surface area contributed by atoms with Crippen LogP contribution in [-0.4, -0.2) is 21.4 Å². The molecular formula is C13H12BrN3O2S. The molecule has 2 aromatic rings. The second-order valence-electron chi connectivity index (χ2n) is 4.10. The summed E-state index contributed by atoms with van der Waals surface area (Å²) in [6, 6.07) is 10.1. The van der Waals surface area contributed by atoms with Gasteiger partial charge in [0, 0.05) is 21.8 Å². The Morgan fingerprint density at radius 3 is 2.65 bits per heavy atom. The molecule has 1 heterocycles. The number of carbonyl (C=O) groups excluding carboxylic acids is 1. The van der Waals surface area contributed by atoms with E-state index < -0.39 is 15.6 Å². The number of halogens is 1. The summed E-state index contributed by atoms with van der Waals surface area (Å²) in [7, 11) is -2.81. The predicted molar refractivity (Wildman–Crippen MR) is 81.9 cm³/mol. The van der Waals surface area contributed by atoms with Crippen molar-refractivity contribution in [3.8, 4) is 0 Å². The third-order valence-electron chi connectivity index (χ3n) is 2.55. The van der Waals surface area contributed by atoms with E-state index >= 15 is 0 Å². The minimum Gasteiger partial charge on any atom is -0.383 e. The molecule has 0 bridgehead atoms. The molecule has 20 heavy (non-hydrogen) atoms. The van der Waals surface area contributed by atoms with Crippen molar-refractivity contribution in [1.82, 2.24) is 4.98 Å². The molecule has 2 N–H and O–H groups in total. The van der Waals surface area contributed by atoms with Crippen molar-refractivity contribution in [3.05, 3.63) is 52.6 Å². The summed E-state index contributed by atoms with van der Waals surface area (Å²) in [4.78, 5) is 16.5. The van der Waals surface area contributed by atoms with Crippen LogP contribution in [0.3, 0.4) is 0 Å². The molecule has 1 amide bonds. The number of nitrogens with two attached hydrogens (primary N) is 1. The number of carbonyl (C=O) groups is 1. The van der Waals surface area contributed by atoms with Gasteiger partial charge in [-0.3, -0.25) is 4.79 Å². The van der Waals surface area contributed by atoms with Crippen LogP contribution in [0.2, 0.25) is 0 Å². The maximum atomic E-state index is 12.5. The minimum absolute atomic E-state index is 0.0604. The number of pyridine rings is 1. The number of hydrogen-bond donors (Lipinski definition) is 1. The number of nitrogens with zero attached hydrogens (tertiary/aromatic N) is 2. The number of rotatable bonds is 2. The highest BCUT2D eigenvalue weighted by atomic mass is 79.9. The number of amides is 1. The van der Waals surface area contributed by atoms with Gasteiger partial charge >= 0.3 is 0 Å². The van der Waals surface area contributed by atoms with Gasteiger partial charge in [0.1, 0.15) is 5.82 Å². The molecule has 1 unspecified atom stereocenters. The highest BCUT2D eigenvalue weighted by molar-refractivity contribution is 9.10. The summed E-state index contributed by atoms with van der Waals surface area (Å²) in [5.41, 5.74) is 5.77. The molecule has 1 atom stereocenters. The summed E-state index contributed by atoms with van der Waals surface area (Å²) >= 11 is 3.21. The van der Waals surface area contributed by atoms with E-state index in [1.54, 1.807) is 30.3 Å². The smallest absolute Gasteiger partial charge is 0.289 e. The number of benzene rings is 1. The lowest BCUT2D eigenvalue weighted by Gasteiger charge is -2.05. The van der Waals surface area contributed by atoms with Crippen LogP contribution < -0.4 is 5.73 Å². The van der Waals surface area contributed by atoms with Gasteiger partial charge in [0.15, 0.2) is 0 Å². The quantitative estimate of drug-likeness (QED) is 0.899. The van der Waals surface area contributed by atoms with Crippen LogP contribution >= 0.6 is 15.9 Å². The van der Waals surface area contributed by atoms with Gasteiger partial charge in [0.05, 0.1) is 15.3 Å². The first-order valence-corrected chi connectivity index (χ1v) is 8.34. The standard InChI is InChI=1S/C13H12BrN3O2S/c1-20(19,10-5-3-2-4-6-10)17-13(18)11-7-9(14)8-16-12(11)15/h2-8H,1H3,(H2,15,16). The molecule has 0 fully saturated rings. The van der Waals surface area contributed by atoms with Gasteiger partial charge < -0.3 is 5.73 Å². The topological polar surface area (TPSA) is 85.4 Å². The van der Waals surface area contributed by atoms with Gasteiger partial charge in [0.2, 0.25) is 0 Å². The summed E-state index contributed by atoms with van der Waals surface area (Å²) in [6.07, 6.45) is 2.90. The Morgan fingerprint density at radius 2 is 2.00 bits per heavy atom. The van der Waals surface area contributed by atoms with Crippen LogP contribution in [0, 0.1) is 0 Å². The molecule has 2 rings (SSSR count). The van der Waals surface area contributed by atoms with E-state index in [1.165, 1.54) is 18.5 Å². The fourth-order valence-corrected chi connectivity index (χ4v) is 3.07. The Morgan fingerprint density at radius 1 is 1.35 bits per heavy atom. The average molecular weight is 354 g/mol. The molecule has 0 spiro atoms. The summed E-state index contributed by atoms with van der Waals surface area (Å²) in [6.45, 7) is 0. The van der Waals surface area contributed by atoms with E-state index in [4.69, 9.17) is 5.73 Å². The number of aromatic nitrogens is 1. The SMILES string of the molecule is CS(=O)(=NC(=O)c1cc(Br)cnc1N)c1ccccc1. The van der Waals surface area contributed by atoms with Gasteiger partial charge in [-0.05, 0) is 34.1 Å². The van der Waals surface area contributed by atoms with E-state index in [2.05, 4.69) is 25.3 Å². The van der Waals surface area contributed by atoms with Crippen LogP contribution in [0.4, 0.5) is 5.82 Å². The second-order valence-corrected chi connectivity index (χ2v) is 7.27. The Balaban J connectivity index is 2.47. The van der Waals surface area contributed by atoms with Crippen LogP contribution in [-0.2, 0) is 9.73 Å². The van der Waals surface area contributed by atoms with Crippen molar-refractivity contribution in [2.24, 2.45) is 4.36 Å². The zero-order valence-corrected chi connectivity index (χ0v) is 13.0. The Bertz CT molecular complexity index is 768. The van der Waals surface area contributed by atoms with Gasteiger partial charge in [-0.1, -0.05) is 18.2 Å². The summed E-state index contributed by atoms with van der Waals surface area (Å²) in [5, 5.41) is 0. The van der Waals surface area contributed by atoms with Crippen LogP contribution in [0.15, 0.2) is 56.3 Å². The van der Waals surface area contributed by atoms with Gasteiger partial charge in [0.25, 0.3) is 5.91 Å². The monoisotopic (exact) mass is 353 g/mol. The van der Waals surface area contributed by atoms with Crippen molar-refractivity contribution >= 4 is 37.4 Å². The van der Waals surface area contributed by atoms with E-state index in [0.29, 0.717) is 9.37 Å². The summed E-state index contributed by atoms with van der Waals surface area (Å²) < 4.78 is 16.9. The molecule has 0 aliphatic carbocycles. The molecule has 0 aliphatic rings. The second kappa shape index (κ2) is 5.72. The van der Waals surface area contributed by atoms with Gasteiger partial charge in [-0.15, -0.1) is 0 Å². The molecule has 0 saturated heterocycles. The average Bonchev–Trinajstić information content (AvgIpc) is 2.42. The molecule has 1 aromatic heterocycles. The molecular weight excluding hydrogens is 342 g/mol. The van der Waals surface area contributed by atoms with E-state index in [1.807, 2.05) is 0 Å². The zero-order chi connectivity index (χ0) is 14.8. The fraction of sp³-hybridized carbons (Fsp3) is 0.0769. The molecule has 0 aliphatic heterocycles.